The largest absolute Gasteiger partial charge is 0.462 e. The van der Waals surface area contributed by atoms with E-state index in [-0.39, 0.29) is 16.6 Å². The van der Waals surface area contributed by atoms with Gasteiger partial charge >= 0.3 is 10.8 Å². The highest BCUT2D eigenvalue weighted by Crippen LogP contribution is 2.27. The maximum atomic E-state index is 12.9. The van der Waals surface area contributed by atoms with Crippen LogP contribution in [0, 0.1) is 6.92 Å². The van der Waals surface area contributed by atoms with Crippen LogP contribution in [0.15, 0.2) is 51.3 Å². The Hall–Kier alpha value is -3.08. The molecule has 1 aromatic carbocycles. The van der Waals surface area contributed by atoms with Gasteiger partial charge in [-0.15, -0.1) is 11.3 Å². The zero-order valence-electron chi connectivity index (χ0n) is 16.4. The van der Waals surface area contributed by atoms with Crippen molar-refractivity contribution >= 4 is 56.7 Å². The molecule has 0 atom stereocenters. The lowest BCUT2D eigenvalue weighted by Gasteiger charge is -2.02. The number of halogens is 1. The molecule has 4 rings (SSSR count). The van der Waals surface area contributed by atoms with Crippen LogP contribution in [0.2, 0.25) is 5.15 Å². The van der Waals surface area contributed by atoms with Crippen LogP contribution in [0.25, 0.3) is 15.9 Å². The molecule has 4 aromatic rings. The molecule has 8 nitrogen and oxygen atoms in total. The highest BCUT2D eigenvalue weighted by Gasteiger charge is 2.20. The third-order valence-corrected chi connectivity index (χ3v) is 6.93. The summed E-state index contributed by atoms with van der Waals surface area (Å²) in [5.41, 5.74) is 0.698. The molecule has 0 amide bonds. The highest BCUT2D eigenvalue weighted by atomic mass is 35.5. The zero-order valence-corrected chi connectivity index (χ0v) is 18.8. The predicted molar refractivity (Wildman–Crippen MR) is 122 cm³/mol. The van der Waals surface area contributed by atoms with Crippen LogP contribution in [0.3, 0.4) is 0 Å². The highest BCUT2D eigenvalue weighted by molar-refractivity contribution is 7.20. The fourth-order valence-corrected chi connectivity index (χ4v) is 5.12. The van der Waals surface area contributed by atoms with Crippen molar-refractivity contribution < 1.29 is 9.53 Å². The van der Waals surface area contributed by atoms with Crippen LogP contribution in [0.1, 0.15) is 27.0 Å². The number of thiazole rings is 1. The molecule has 0 N–H and O–H groups in total. The monoisotopic (exact) mass is 474 g/mol. The van der Waals surface area contributed by atoms with Crippen LogP contribution in [-0.2, 0) is 4.74 Å². The van der Waals surface area contributed by atoms with Crippen molar-refractivity contribution in [1.29, 1.82) is 0 Å². The normalized spacial score (nSPS) is 11.5. The Morgan fingerprint density at radius 1 is 1.26 bits per heavy atom. The van der Waals surface area contributed by atoms with Gasteiger partial charge in [0, 0.05) is 0 Å². The SMILES string of the molecule is CCOC(=O)c1sc2ncn(N=Cc3sc(=O)n(-c4ccccc4)c3Cl)c(=O)c2c1C. The van der Waals surface area contributed by atoms with Crippen molar-refractivity contribution in [3.05, 3.63) is 77.2 Å². The number of aromatic nitrogens is 3. The third-order valence-electron chi connectivity index (χ3n) is 4.39. The molecular weight excluding hydrogens is 460 g/mol. The lowest BCUT2D eigenvalue weighted by molar-refractivity contribution is 0.0531. The minimum Gasteiger partial charge on any atom is -0.462 e. The van der Waals surface area contributed by atoms with Gasteiger partial charge in [0.05, 0.1) is 28.8 Å². The van der Waals surface area contributed by atoms with E-state index in [0.717, 1.165) is 27.3 Å². The number of aryl methyl sites for hydroxylation is 1. The smallest absolute Gasteiger partial charge is 0.348 e. The molecular formula is C20H15ClN4O4S2. The van der Waals surface area contributed by atoms with E-state index in [1.165, 1.54) is 17.1 Å². The standard InChI is InChI=1S/C20H15ClN4O4S2/c1-3-29-19(27)15-11(2)14-17(31-15)22-10-24(18(14)26)23-9-13-16(21)25(20(28)30-13)12-7-5-4-6-8-12/h4-10H,3H2,1-2H3. The van der Waals surface area contributed by atoms with Crippen molar-refractivity contribution in [2.24, 2.45) is 5.10 Å². The Morgan fingerprint density at radius 3 is 2.71 bits per heavy atom. The molecule has 0 fully saturated rings. The van der Waals surface area contributed by atoms with E-state index in [2.05, 4.69) is 10.1 Å². The topological polar surface area (TPSA) is 95.5 Å². The minimum atomic E-state index is -0.490. The average molecular weight is 475 g/mol. The number of thiophene rings is 1. The summed E-state index contributed by atoms with van der Waals surface area (Å²) < 4.78 is 7.45. The first-order chi connectivity index (χ1) is 14.9. The first kappa shape index (κ1) is 21.2. The number of esters is 1. The lowest BCUT2D eigenvalue weighted by Crippen LogP contribution is -2.17. The molecule has 0 spiro atoms. The number of benzene rings is 1. The van der Waals surface area contributed by atoms with Crippen molar-refractivity contribution in [2.75, 3.05) is 6.61 Å². The Kier molecular flexibility index (Phi) is 5.86. The fourth-order valence-electron chi connectivity index (χ4n) is 2.95. The van der Waals surface area contributed by atoms with Crippen LogP contribution in [0.4, 0.5) is 0 Å². The summed E-state index contributed by atoms with van der Waals surface area (Å²) in [5, 5.41) is 4.64. The van der Waals surface area contributed by atoms with E-state index in [9.17, 15) is 14.4 Å². The molecule has 0 bridgehead atoms. The second-order valence-electron chi connectivity index (χ2n) is 6.29. The number of rotatable bonds is 5. The van der Waals surface area contributed by atoms with Crippen molar-refractivity contribution in [1.82, 2.24) is 14.2 Å². The maximum Gasteiger partial charge on any atom is 0.348 e. The molecule has 0 aliphatic rings. The average Bonchev–Trinajstić information content (AvgIpc) is 3.24. The second kappa shape index (κ2) is 8.58. The molecule has 0 saturated heterocycles. The van der Waals surface area contributed by atoms with Crippen LogP contribution in [-0.4, -0.2) is 33.0 Å². The third kappa shape index (κ3) is 3.85. The van der Waals surface area contributed by atoms with Crippen molar-refractivity contribution in [2.45, 2.75) is 13.8 Å². The van der Waals surface area contributed by atoms with Gasteiger partial charge in [-0.1, -0.05) is 41.1 Å². The molecule has 0 aliphatic heterocycles. The molecule has 3 heterocycles. The lowest BCUT2D eigenvalue weighted by atomic mass is 10.2. The van der Waals surface area contributed by atoms with Gasteiger partial charge in [0.1, 0.15) is 21.2 Å². The summed E-state index contributed by atoms with van der Waals surface area (Å²) in [4.78, 5) is 42.5. The number of ether oxygens (including phenoxy) is 1. The molecule has 158 valence electrons. The van der Waals surface area contributed by atoms with E-state index in [0.29, 0.717) is 31.2 Å². The number of nitrogens with zero attached hydrogens (tertiary/aromatic N) is 4. The fraction of sp³-hybridized carbons (Fsp3) is 0.150. The van der Waals surface area contributed by atoms with Crippen LogP contribution < -0.4 is 10.4 Å². The van der Waals surface area contributed by atoms with Crippen molar-refractivity contribution in [3.8, 4) is 5.69 Å². The van der Waals surface area contributed by atoms with Gasteiger partial charge in [0.25, 0.3) is 5.56 Å². The Labute approximate surface area is 188 Å². The van der Waals surface area contributed by atoms with Crippen LogP contribution in [0.5, 0.6) is 0 Å². The van der Waals surface area contributed by atoms with E-state index in [4.69, 9.17) is 16.3 Å². The molecule has 0 saturated carbocycles. The molecule has 0 aliphatic carbocycles. The van der Waals surface area contributed by atoms with E-state index in [1.54, 1.807) is 38.1 Å². The number of carbonyl (C=O) groups excluding carboxylic acids is 1. The molecule has 0 radical (unpaired) electrons. The summed E-state index contributed by atoms with van der Waals surface area (Å²) >= 11 is 8.40. The molecule has 31 heavy (non-hydrogen) atoms. The summed E-state index contributed by atoms with van der Waals surface area (Å²) in [7, 11) is 0. The number of hydrogen-bond acceptors (Lipinski definition) is 8. The van der Waals surface area contributed by atoms with Gasteiger partial charge in [-0.05, 0) is 31.5 Å². The predicted octanol–water partition coefficient (Wildman–Crippen LogP) is 3.69. The first-order valence-corrected chi connectivity index (χ1v) is 11.1. The maximum absolute atomic E-state index is 12.9. The summed E-state index contributed by atoms with van der Waals surface area (Å²) in [5.74, 6) is -0.490. The van der Waals surface area contributed by atoms with Gasteiger partial charge in [-0.2, -0.15) is 9.78 Å². The summed E-state index contributed by atoms with van der Waals surface area (Å²) in [6.45, 7) is 3.62. The van der Waals surface area contributed by atoms with Gasteiger partial charge < -0.3 is 4.74 Å². The minimum absolute atomic E-state index is 0.198. The van der Waals surface area contributed by atoms with Gasteiger partial charge in [0.2, 0.25) is 0 Å². The van der Waals surface area contributed by atoms with Crippen LogP contribution >= 0.6 is 34.3 Å². The number of hydrogen-bond donors (Lipinski definition) is 0. The first-order valence-electron chi connectivity index (χ1n) is 9.11. The number of carbonyl (C=O) groups is 1. The molecule has 0 unspecified atom stereocenters. The zero-order chi connectivity index (χ0) is 22.1. The van der Waals surface area contributed by atoms with E-state index < -0.39 is 11.5 Å². The Bertz CT molecular complexity index is 1430. The number of fused-ring (bicyclic) bond motifs is 1. The summed E-state index contributed by atoms with van der Waals surface area (Å²) in [6, 6.07) is 8.98. The van der Waals surface area contributed by atoms with E-state index in [1.807, 2.05) is 6.07 Å². The molecule has 3 aromatic heterocycles. The van der Waals surface area contributed by atoms with Crippen molar-refractivity contribution in [3.63, 3.8) is 0 Å². The van der Waals surface area contributed by atoms with Gasteiger partial charge in [-0.3, -0.25) is 14.2 Å². The number of para-hydroxylation sites is 1. The Balaban J connectivity index is 1.74. The second-order valence-corrected chi connectivity index (χ2v) is 8.64. The molecule has 11 heteroatoms. The quantitative estimate of drug-likeness (QED) is 0.324. The summed E-state index contributed by atoms with van der Waals surface area (Å²) in [6.07, 6.45) is 2.60. The Morgan fingerprint density at radius 2 is 2.00 bits per heavy atom. The van der Waals surface area contributed by atoms with Gasteiger partial charge in [-0.25, -0.2) is 9.78 Å². The van der Waals surface area contributed by atoms with Gasteiger partial charge in [0.15, 0.2) is 0 Å². The van der Waals surface area contributed by atoms with E-state index >= 15 is 0 Å².